The molecule has 1 aromatic carbocycles. The Morgan fingerprint density at radius 2 is 1.83 bits per heavy atom. The van der Waals surface area contributed by atoms with Crippen molar-refractivity contribution >= 4 is 38.0 Å². The molecule has 1 aromatic rings. The highest BCUT2D eigenvalue weighted by Gasteiger charge is 2.12. The Hall–Kier alpha value is -0.720. The van der Waals surface area contributed by atoms with Gasteiger partial charge in [-0.3, -0.25) is 9.00 Å². The summed E-state index contributed by atoms with van der Waals surface area (Å²) >= 11 is 5.68. The molecule has 1 atom stereocenters. The zero-order valence-corrected chi connectivity index (χ0v) is 12.1. The van der Waals surface area contributed by atoms with E-state index in [2.05, 4.69) is 0 Å². The highest BCUT2D eigenvalue weighted by Crippen LogP contribution is 2.10. The average molecular weight is 309 g/mol. The predicted octanol–water partition coefficient (Wildman–Crippen LogP) is 1.32. The van der Waals surface area contributed by atoms with Crippen LogP contribution in [0.4, 0.5) is 0 Å². The number of halogens is 1. The van der Waals surface area contributed by atoms with Crippen molar-refractivity contribution in [2.75, 3.05) is 23.5 Å². The maximum absolute atomic E-state index is 11.7. The fourth-order valence-corrected chi connectivity index (χ4v) is 3.87. The van der Waals surface area contributed by atoms with Gasteiger partial charge in [0, 0.05) is 33.4 Å². The second kappa shape index (κ2) is 6.45. The van der Waals surface area contributed by atoms with Gasteiger partial charge in [-0.15, -0.1) is 0 Å². The highest BCUT2D eigenvalue weighted by molar-refractivity contribution is 7.92. The zero-order valence-electron chi connectivity index (χ0n) is 9.76. The fraction of sp³-hybridized carbons (Fsp3) is 0.364. The molecule has 0 saturated heterocycles. The van der Waals surface area contributed by atoms with Crippen LogP contribution in [0.3, 0.4) is 0 Å². The summed E-state index contributed by atoms with van der Waals surface area (Å²) in [4.78, 5) is 11.7. The predicted molar refractivity (Wildman–Crippen MR) is 73.4 cm³/mol. The molecule has 1 rings (SSSR count). The van der Waals surface area contributed by atoms with Crippen LogP contribution in [0.1, 0.15) is 10.4 Å². The second-order valence-corrected chi connectivity index (χ2v) is 8.12. The molecule has 0 amide bonds. The number of hydrogen-bond donors (Lipinski definition) is 0. The Morgan fingerprint density at radius 1 is 1.28 bits per heavy atom. The van der Waals surface area contributed by atoms with Crippen LogP contribution in [0, 0.1) is 0 Å². The van der Waals surface area contributed by atoms with Crippen LogP contribution in [-0.2, 0) is 20.6 Å². The zero-order chi connectivity index (χ0) is 13.8. The van der Waals surface area contributed by atoms with E-state index < -0.39 is 20.6 Å². The van der Waals surface area contributed by atoms with Crippen LogP contribution in [0.15, 0.2) is 24.3 Å². The Morgan fingerprint density at radius 3 is 2.33 bits per heavy atom. The van der Waals surface area contributed by atoms with E-state index >= 15 is 0 Å². The molecule has 0 spiro atoms. The lowest BCUT2D eigenvalue weighted by Crippen LogP contribution is -2.18. The van der Waals surface area contributed by atoms with E-state index in [0.29, 0.717) is 10.6 Å². The molecule has 0 aliphatic rings. The number of carbonyl (C=O) groups excluding carboxylic acids is 1. The minimum Gasteiger partial charge on any atom is -0.293 e. The van der Waals surface area contributed by atoms with Crippen molar-refractivity contribution in [3.8, 4) is 0 Å². The first-order valence-corrected chi connectivity index (χ1v) is 9.02. The highest BCUT2D eigenvalue weighted by atomic mass is 35.5. The van der Waals surface area contributed by atoms with E-state index in [9.17, 15) is 17.4 Å². The first-order chi connectivity index (χ1) is 8.28. The number of rotatable bonds is 6. The molecule has 0 heterocycles. The largest absolute Gasteiger partial charge is 0.293 e. The summed E-state index contributed by atoms with van der Waals surface area (Å²) in [5.74, 6) is -0.637. The molecule has 0 aliphatic carbocycles. The Bertz CT molecular complexity index is 549. The number of benzene rings is 1. The summed E-state index contributed by atoms with van der Waals surface area (Å²) in [7, 11) is -4.61. The molecule has 0 saturated carbocycles. The first-order valence-electron chi connectivity index (χ1n) is 5.09. The Balaban J connectivity index is 2.55. The molecule has 4 nitrogen and oxygen atoms in total. The number of carbonyl (C=O) groups is 1. The molecular formula is C11H13ClO4S2. The lowest BCUT2D eigenvalue weighted by atomic mass is 10.1. The monoisotopic (exact) mass is 308 g/mol. The SMILES string of the molecule is CS(=O)(=O)CCS(=O)CC(=O)c1ccc(Cl)cc1. The summed E-state index contributed by atoms with van der Waals surface area (Å²) in [6.45, 7) is 0. The van der Waals surface area contributed by atoms with Gasteiger partial charge in [0.15, 0.2) is 5.78 Å². The summed E-state index contributed by atoms with van der Waals surface area (Å²) in [5.41, 5.74) is 0.423. The van der Waals surface area contributed by atoms with Gasteiger partial charge in [-0.1, -0.05) is 11.6 Å². The maximum Gasteiger partial charge on any atom is 0.175 e. The van der Waals surface area contributed by atoms with Crippen LogP contribution in [0.2, 0.25) is 5.02 Å². The van der Waals surface area contributed by atoms with Crippen molar-refractivity contribution < 1.29 is 17.4 Å². The van der Waals surface area contributed by atoms with E-state index in [1.165, 1.54) is 0 Å². The van der Waals surface area contributed by atoms with Crippen molar-refractivity contribution in [3.63, 3.8) is 0 Å². The van der Waals surface area contributed by atoms with Gasteiger partial charge in [0.05, 0.1) is 11.5 Å². The molecule has 1 unspecified atom stereocenters. The second-order valence-electron chi connectivity index (χ2n) is 3.85. The number of ketones is 1. The van der Waals surface area contributed by atoms with Crippen LogP contribution < -0.4 is 0 Å². The Kier molecular flexibility index (Phi) is 5.49. The third kappa shape index (κ3) is 5.75. The molecule has 0 aromatic heterocycles. The van der Waals surface area contributed by atoms with Gasteiger partial charge >= 0.3 is 0 Å². The molecule has 18 heavy (non-hydrogen) atoms. The van der Waals surface area contributed by atoms with E-state index in [1.807, 2.05) is 0 Å². The number of Topliss-reactive ketones (excluding diaryl/α,β-unsaturated/α-hetero) is 1. The van der Waals surface area contributed by atoms with Crippen LogP contribution in [0.25, 0.3) is 0 Å². The van der Waals surface area contributed by atoms with Crippen molar-refractivity contribution in [1.82, 2.24) is 0 Å². The van der Waals surface area contributed by atoms with Crippen molar-refractivity contribution in [1.29, 1.82) is 0 Å². The van der Waals surface area contributed by atoms with E-state index in [-0.39, 0.29) is 23.0 Å². The Labute approximate surface area is 114 Å². The summed E-state index contributed by atoms with van der Waals surface area (Å²) < 4.78 is 33.3. The molecule has 0 N–H and O–H groups in total. The standard InChI is InChI=1S/C11H13ClO4S2/c1-18(15,16)7-6-17(14)8-11(13)9-2-4-10(12)5-3-9/h2-5H,6-8H2,1H3. The normalized spacial score (nSPS) is 13.2. The van der Waals surface area contributed by atoms with Gasteiger partial charge < -0.3 is 0 Å². The smallest absolute Gasteiger partial charge is 0.175 e. The lowest BCUT2D eigenvalue weighted by molar-refractivity contribution is 0.102. The third-order valence-electron chi connectivity index (χ3n) is 2.14. The van der Waals surface area contributed by atoms with Gasteiger partial charge in [-0.25, -0.2) is 8.42 Å². The van der Waals surface area contributed by atoms with E-state index in [4.69, 9.17) is 11.6 Å². The van der Waals surface area contributed by atoms with Gasteiger partial charge in [0.2, 0.25) is 0 Å². The third-order valence-corrected chi connectivity index (χ3v) is 4.84. The number of sulfone groups is 1. The topological polar surface area (TPSA) is 68.3 Å². The summed E-state index contributed by atoms with van der Waals surface area (Å²) in [5, 5.41) is 0.518. The lowest BCUT2D eigenvalue weighted by Gasteiger charge is -2.02. The van der Waals surface area contributed by atoms with Gasteiger partial charge in [0.25, 0.3) is 0 Å². The molecular weight excluding hydrogens is 296 g/mol. The molecule has 0 radical (unpaired) electrons. The van der Waals surface area contributed by atoms with Crippen molar-refractivity contribution in [2.24, 2.45) is 0 Å². The van der Waals surface area contributed by atoms with Gasteiger partial charge in [-0.05, 0) is 24.3 Å². The molecule has 0 fully saturated rings. The quantitative estimate of drug-likeness (QED) is 0.743. The van der Waals surface area contributed by atoms with E-state index in [0.717, 1.165) is 6.26 Å². The first kappa shape index (κ1) is 15.3. The minimum absolute atomic E-state index is 0.0157. The number of hydrogen-bond acceptors (Lipinski definition) is 4. The minimum atomic E-state index is -3.15. The fourth-order valence-electron chi connectivity index (χ4n) is 1.18. The maximum atomic E-state index is 11.7. The van der Waals surface area contributed by atoms with Crippen molar-refractivity contribution in [2.45, 2.75) is 0 Å². The molecule has 0 bridgehead atoms. The summed E-state index contributed by atoms with van der Waals surface area (Å²) in [6.07, 6.45) is 1.07. The molecule has 7 heteroatoms. The molecule has 100 valence electrons. The van der Waals surface area contributed by atoms with Gasteiger partial charge in [0.1, 0.15) is 9.84 Å². The van der Waals surface area contributed by atoms with Crippen molar-refractivity contribution in [3.05, 3.63) is 34.9 Å². The average Bonchev–Trinajstić information content (AvgIpc) is 2.26. The summed E-state index contributed by atoms with van der Waals surface area (Å²) in [6, 6.07) is 6.26. The van der Waals surface area contributed by atoms with E-state index in [1.54, 1.807) is 24.3 Å². The van der Waals surface area contributed by atoms with Crippen LogP contribution >= 0.6 is 11.6 Å². The molecule has 0 aliphatic heterocycles. The van der Waals surface area contributed by atoms with Crippen LogP contribution in [0.5, 0.6) is 0 Å². The van der Waals surface area contributed by atoms with Crippen LogP contribution in [-0.4, -0.2) is 41.9 Å². The van der Waals surface area contributed by atoms with Gasteiger partial charge in [-0.2, -0.15) is 0 Å².